The molecule has 11 heteroatoms. The van der Waals surface area contributed by atoms with Crippen LogP contribution in [0.25, 0.3) is 0 Å². The number of rotatable bonds is 14. The Bertz CT molecular complexity index is 905. The van der Waals surface area contributed by atoms with Crippen molar-refractivity contribution in [2.24, 2.45) is 0 Å². The lowest BCUT2D eigenvalue weighted by Crippen LogP contribution is -2.62. The third-order valence-corrected chi connectivity index (χ3v) is 5.60. The number of carbonyl (C=O) groups is 4. The lowest BCUT2D eigenvalue weighted by atomic mass is 9.98. The Labute approximate surface area is 223 Å². The molecular formula is C27H40O11. The van der Waals surface area contributed by atoms with E-state index in [0.717, 1.165) is 18.1 Å². The van der Waals surface area contributed by atoms with E-state index >= 15 is 0 Å². The number of carbonyl (C=O) groups excluding carboxylic acids is 4. The number of esters is 4. The summed E-state index contributed by atoms with van der Waals surface area (Å²) in [6, 6.07) is 0. The molecule has 0 aromatic rings. The van der Waals surface area contributed by atoms with E-state index in [-0.39, 0.29) is 31.4 Å². The monoisotopic (exact) mass is 540 g/mol. The SMILES string of the molecule is C=C(CC/C=C(/C)COC(C)=O)CCO[C@@H]1O[C@H](COC(C)=O)[C@@H](OC(C)=O)[C@H](OC(=O)/C(C)=C\C)[C@H]1O. The molecule has 1 aliphatic heterocycles. The van der Waals surface area contributed by atoms with Gasteiger partial charge in [0.2, 0.25) is 0 Å². The Morgan fingerprint density at radius 2 is 1.58 bits per heavy atom. The molecule has 0 aromatic carbocycles. The molecule has 11 nitrogen and oxygen atoms in total. The van der Waals surface area contributed by atoms with Crippen LogP contribution in [-0.4, -0.2) is 79.5 Å². The van der Waals surface area contributed by atoms with E-state index in [9.17, 15) is 24.3 Å². The Balaban J connectivity index is 2.86. The summed E-state index contributed by atoms with van der Waals surface area (Å²) in [7, 11) is 0. The minimum atomic E-state index is -1.50. The van der Waals surface area contributed by atoms with E-state index in [2.05, 4.69) is 6.58 Å². The molecular weight excluding hydrogens is 500 g/mol. The molecule has 1 aliphatic rings. The topological polar surface area (TPSA) is 144 Å². The predicted octanol–water partition coefficient (Wildman–Crippen LogP) is 2.70. The molecule has 1 saturated heterocycles. The number of hydrogen-bond acceptors (Lipinski definition) is 11. The molecule has 1 rings (SSSR count). The van der Waals surface area contributed by atoms with Gasteiger partial charge < -0.3 is 33.5 Å². The van der Waals surface area contributed by atoms with Crippen LogP contribution in [0.4, 0.5) is 0 Å². The normalized spacial score (nSPS) is 23.8. The summed E-state index contributed by atoms with van der Waals surface area (Å²) in [5.74, 6) is -2.35. The van der Waals surface area contributed by atoms with Crippen LogP contribution in [0, 0.1) is 0 Å². The van der Waals surface area contributed by atoms with Crippen molar-refractivity contribution in [3.8, 4) is 0 Å². The molecule has 38 heavy (non-hydrogen) atoms. The molecule has 0 unspecified atom stereocenters. The molecule has 214 valence electrons. The Morgan fingerprint density at radius 3 is 2.16 bits per heavy atom. The number of aliphatic hydroxyl groups excluding tert-OH is 1. The molecule has 0 spiro atoms. The number of aliphatic hydroxyl groups is 1. The van der Waals surface area contributed by atoms with Crippen molar-refractivity contribution in [2.45, 2.75) is 91.5 Å². The maximum atomic E-state index is 12.5. The summed E-state index contributed by atoms with van der Waals surface area (Å²) >= 11 is 0. The van der Waals surface area contributed by atoms with Crippen molar-refractivity contribution >= 4 is 23.9 Å². The van der Waals surface area contributed by atoms with Gasteiger partial charge in [-0.2, -0.15) is 0 Å². The molecule has 5 atom stereocenters. The highest BCUT2D eigenvalue weighted by molar-refractivity contribution is 5.87. The third-order valence-electron chi connectivity index (χ3n) is 5.60. The summed E-state index contributed by atoms with van der Waals surface area (Å²) in [5, 5.41) is 11.0. The summed E-state index contributed by atoms with van der Waals surface area (Å²) in [6.07, 6.45) is -1.08. The van der Waals surface area contributed by atoms with Crippen molar-refractivity contribution in [2.75, 3.05) is 19.8 Å². The lowest BCUT2D eigenvalue weighted by Gasteiger charge is -2.43. The molecule has 0 saturated carbocycles. The van der Waals surface area contributed by atoms with E-state index in [1.54, 1.807) is 6.92 Å². The van der Waals surface area contributed by atoms with Crippen molar-refractivity contribution in [1.82, 2.24) is 0 Å². The van der Waals surface area contributed by atoms with Gasteiger partial charge in [0.25, 0.3) is 0 Å². The largest absolute Gasteiger partial charge is 0.463 e. The first-order chi connectivity index (χ1) is 17.8. The first kappa shape index (κ1) is 33.0. The highest BCUT2D eigenvalue weighted by Crippen LogP contribution is 2.28. The van der Waals surface area contributed by atoms with Gasteiger partial charge in [-0.15, -0.1) is 0 Å². The fourth-order valence-electron chi connectivity index (χ4n) is 3.41. The zero-order chi connectivity index (χ0) is 28.8. The minimum Gasteiger partial charge on any atom is -0.463 e. The lowest BCUT2D eigenvalue weighted by molar-refractivity contribution is -0.305. The number of hydrogen-bond donors (Lipinski definition) is 1. The maximum absolute atomic E-state index is 12.5. The molecule has 1 heterocycles. The molecule has 0 bridgehead atoms. The smallest absolute Gasteiger partial charge is 0.333 e. The highest BCUT2D eigenvalue weighted by Gasteiger charge is 2.50. The zero-order valence-electron chi connectivity index (χ0n) is 23.0. The van der Waals surface area contributed by atoms with E-state index in [1.807, 2.05) is 13.0 Å². The van der Waals surface area contributed by atoms with Crippen LogP contribution < -0.4 is 0 Å². The third kappa shape index (κ3) is 12.0. The van der Waals surface area contributed by atoms with Crippen molar-refractivity contribution in [3.63, 3.8) is 0 Å². The predicted molar refractivity (Wildman–Crippen MR) is 135 cm³/mol. The first-order valence-electron chi connectivity index (χ1n) is 12.4. The first-order valence-corrected chi connectivity index (χ1v) is 12.4. The van der Waals surface area contributed by atoms with Crippen LogP contribution in [0.5, 0.6) is 0 Å². The van der Waals surface area contributed by atoms with Gasteiger partial charge in [0.1, 0.15) is 25.4 Å². The molecule has 0 amide bonds. The summed E-state index contributed by atoms with van der Waals surface area (Å²) in [6.45, 7) is 12.9. The van der Waals surface area contributed by atoms with Gasteiger partial charge in [-0.05, 0) is 45.6 Å². The Morgan fingerprint density at radius 1 is 0.921 bits per heavy atom. The van der Waals surface area contributed by atoms with Crippen LogP contribution in [0.3, 0.4) is 0 Å². The van der Waals surface area contributed by atoms with Gasteiger partial charge >= 0.3 is 23.9 Å². The van der Waals surface area contributed by atoms with Crippen LogP contribution in [-0.2, 0) is 47.6 Å². The van der Waals surface area contributed by atoms with Crippen LogP contribution in [0.1, 0.15) is 60.8 Å². The van der Waals surface area contributed by atoms with E-state index in [1.165, 1.54) is 26.8 Å². The van der Waals surface area contributed by atoms with Crippen LogP contribution >= 0.6 is 0 Å². The van der Waals surface area contributed by atoms with Crippen LogP contribution in [0.2, 0.25) is 0 Å². The summed E-state index contributed by atoms with van der Waals surface area (Å²) in [5.41, 5.74) is 2.10. The second-order valence-corrected chi connectivity index (χ2v) is 8.99. The average Bonchev–Trinajstić information content (AvgIpc) is 2.84. The quantitative estimate of drug-likeness (QED) is 0.150. The van der Waals surface area contributed by atoms with Gasteiger partial charge in [0.05, 0.1) is 6.61 Å². The van der Waals surface area contributed by atoms with Gasteiger partial charge in [0.15, 0.2) is 18.5 Å². The molecule has 1 fully saturated rings. The van der Waals surface area contributed by atoms with E-state index in [4.69, 9.17) is 28.4 Å². The highest BCUT2D eigenvalue weighted by atomic mass is 16.7. The fourth-order valence-corrected chi connectivity index (χ4v) is 3.41. The molecule has 0 aromatic heterocycles. The minimum absolute atomic E-state index is 0.129. The second kappa shape index (κ2) is 16.7. The maximum Gasteiger partial charge on any atom is 0.333 e. The summed E-state index contributed by atoms with van der Waals surface area (Å²) in [4.78, 5) is 46.5. The fraction of sp³-hybridized carbons (Fsp3) is 0.630. The summed E-state index contributed by atoms with van der Waals surface area (Å²) < 4.78 is 32.3. The number of allylic oxidation sites excluding steroid dienone is 2. The van der Waals surface area contributed by atoms with Crippen LogP contribution in [0.15, 0.2) is 35.5 Å². The molecule has 0 radical (unpaired) electrons. The number of ether oxygens (including phenoxy) is 6. The van der Waals surface area contributed by atoms with E-state index < -0.39 is 48.6 Å². The van der Waals surface area contributed by atoms with Gasteiger partial charge in [-0.3, -0.25) is 14.4 Å². The standard InChI is InChI=1S/C27H40O11/c1-8-18(4)26(32)38-25-23(31)27(37-22(15-35-20(6)29)24(25)36-21(7)30)33-13-12-16(2)10-9-11-17(3)14-34-19(5)28/h8,11,22-25,27,31H,2,9-10,12-15H2,1,3-7H3/b17-11-,18-8-/t22-,23-,24-,25-,27-/m1/s1. The van der Waals surface area contributed by atoms with E-state index in [0.29, 0.717) is 19.3 Å². The van der Waals surface area contributed by atoms with Gasteiger partial charge in [-0.1, -0.05) is 24.3 Å². The van der Waals surface area contributed by atoms with Crippen molar-refractivity contribution in [1.29, 1.82) is 0 Å². The Kier molecular flexibility index (Phi) is 14.5. The molecule has 1 N–H and O–H groups in total. The van der Waals surface area contributed by atoms with Gasteiger partial charge in [-0.25, -0.2) is 4.79 Å². The molecule has 0 aliphatic carbocycles. The van der Waals surface area contributed by atoms with Crippen molar-refractivity contribution in [3.05, 3.63) is 35.5 Å². The second-order valence-electron chi connectivity index (χ2n) is 8.99. The zero-order valence-corrected chi connectivity index (χ0v) is 23.0. The Hall–Kier alpha value is -3.02. The van der Waals surface area contributed by atoms with Crippen molar-refractivity contribution < 1.29 is 52.7 Å². The average molecular weight is 541 g/mol. The van der Waals surface area contributed by atoms with Gasteiger partial charge in [0, 0.05) is 26.3 Å².